The predicted molar refractivity (Wildman–Crippen MR) is 80.1 cm³/mol. The summed E-state index contributed by atoms with van der Waals surface area (Å²) in [6.45, 7) is 11.0. The van der Waals surface area contributed by atoms with E-state index in [0.717, 1.165) is 13.2 Å². The number of rotatable bonds is 8. The van der Waals surface area contributed by atoms with E-state index < -0.39 is 19.2 Å². The summed E-state index contributed by atoms with van der Waals surface area (Å²) in [4.78, 5) is 0. The van der Waals surface area contributed by atoms with Gasteiger partial charge in [-0.05, 0) is 0 Å². The molecule has 18 heavy (non-hydrogen) atoms. The standard InChI is InChI=1S/C7H14O2.2C4H9.Sn/c1-3-7(4-2,5-8)6-9;2*1-3-4-2;/h3-6H2,1-2H3;2*1,3-4H2,2H3;/q-2;;;+2. The number of hydrogen-bond acceptors (Lipinski definition) is 2. The molecule has 1 rings (SSSR count). The third-order valence-corrected chi connectivity index (χ3v) is 14.8. The molecule has 0 bridgehead atoms. The number of unbranched alkanes of at least 4 members (excludes halogenated alkanes) is 2. The fraction of sp³-hybridized carbons (Fsp3) is 1.00. The molecule has 0 aromatic heterocycles. The Bertz CT molecular complexity index is 207. The van der Waals surface area contributed by atoms with Crippen molar-refractivity contribution in [2.75, 3.05) is 13.2 Å². The Morgan fingerprint density at radius 3 is 1.61 bits per heavy atom. The van der Waals surface area contributed by atoms with Crippen LogP contribution in [0.2, 0.25) is 8.87 Å². The average molecular weight is 363 g/mol. The van der Waals surface area contributed by atoms with E-state index in [1.807, 2.05) is 0 Å². The maximum absolute atomic E-state index is 6.46. The van der Waals surface area contributed by atoms with Crippen molar-refractivity contribution in [2.45, 2.75) is 75.1 Å². The zero-order chi connectivity index (χ0) is 13.5. The van der Waals surface area contributed by atoms with Crippen molar-refractivity contribution in [3.05, 3.63) is 0 Å². The molecule has 0 N–H and O–H groups in total. The maximum atomic E-state index is 6.46. The SMILES string of the molecule is CCC[CH2][Sn]1([CH2]CCC)[O]CC(CC)(CC)C[O]1. The number of hydrogen-bond donors (Lipinski definition) is 0. The van der Waals surface area contributed by atoms with Gasteiger partial charge in [-0.25, -0.2) is 0 Å². The molecular formula is C15H32O2Sn. The molecule has 3 heteroatoms. The van der Waals surface area contributed by atoms with Gasteiger partial charge in [0.2, 0.25) is 0 Å². The van der Waals surface area contributed by atoms with Gasteiger partial charge >= 0.3 is 119 Å². The summed E-state index contributed by atoms with van der Waals surface area (Å²) in [6, 6.07) is 0. The Morgan fingerprint density at radius 1 is 0.833 bits per heavy atom. The Morgan fingerprint density at radius 2 is 1.28 bits per heavy atom. The van der Waals surface area contributed by atoms with Gasteiger partial charge in [0.05, 0.1) is 0 Å². The second-order valence-electron chi connectivity index (χ2n) is 5.90. The van der Waals surface area contributed by atoms with Crippen LogP contribution in [0, 0.1) is 5.41 Å². The second kappa shape index (κ2) is 8.11. The van der Waals surface area contributed by atoms with E-state index in [2.05, 4.69) is 27.7 Å². The Kier molecular flexibility index (Phi) is 7.55. The van der Waals surface area contributed by atoms with Gasteiger partial charge in [-0.3, -0.25) is 0 Å². The van der Waals surface area contributed by atoms with Gasteiger partial charge in [0.25, 0.3) is 0 Å². The van der Waals surface area contributed by atoms with Gasteiger partial charge in [-0.15, -0.1) is 0 Å². The molecule has 1 saturated heterocycles. The van der Waals surface area contributed by atoms with Crippen molar-refractivity contribution in [3.8, 4) is 0 Å². The molecule has 1 fully saturated rings. The van der Waals surface area contributed by atoms with Crippen LogP contribution in [-0.2, 0) is 6.15 Å². The molecular weight excluding hydrogens is 331 g/mol. The van der Waals surface area contributed by atoms with Crippen LogP contribution >= 0.6 is 0 Å². The van der Waals surface area contributed by atoms with Gasteiger partial charge in [0.1, 0.15) is 0 Å². The average Bonchev–Trinajstić information content (AvgIpc) is 2.44. The van der Waals surface area contributed by atoms with Gasteiger partial charge < -0.3 is 0 Å². The molecule has 0 saturated carbocycles. The summed E-state index contributed by atoms with van der Waals surface area (Å²) in [5.41, 5.74) is 0.318. The molecule has 1 aliphatic rings. The van der Waals surface area contributed by atoms with Crippen LogP contribution in [0.4, 0.5) is 0 Å². The van der Waals surface area contributed by atoms with Crippen LogP contribution in [0.3, 0.4) is 0 Å². The summed E-state index contributed by atoms with van der Waals surface area (Å²) >= 11 is -2.66. The third kappa shape index (κ3) is 4.38. The first-order valence-electron chi connectivity index (χ1n) is 7.94. The fourth-order valence-electron chi connectivity index (χ4n) is 2.62. The van der Waals surface area contributed by atoms with Gasteiger partial charge in [-0.2, -0.15) is 0 Å². The van der Waals surface area contributed by atoms with E-state index in [4.69, 9.17) is 6.15 Å². The molecule has 0 spiro atoms. The van der Waals surface area contributed by atoms with Crippen molar-refractivity contribution >= 4 is 19.2 Å². The van der Waals surface area contributed by atoms with Gasteiger partial charge in [0, 0.05) is 0 Å². The van der Waals surface area contributed by atoms with Crippen LogP contribution < -0.4 is 0 Å². The van der Waals surface area contributed by atoms with Gasteiger partial charge in [-0.1, -0.05) is 0 Å². The first-order chi connectivity index (χ1) is 8.66. The molecule has 0 radical (unpaired) electrons. The summed E-state index contributed by atoms with van der Waals surface area (Å²) in [7, 11) is 0. The normalized spacial score (nSPS) is 22.0. The Balaban J connectivity index is 2.59. The first-order valence-corrected chi connectivity index (χ1v) is 14.3. The van der Waals surface area contributed by atoms with Crippen molar-refractivity contribution in [3.63, 3.8) is 0 Å². The third-order valence-electron chi connectivity index (χ3n) is 4.61. The van der Waals surface area contributed by atoms with Crippen LogP contribution in [0.5, 0.6) is 0 Å². The van der Waals surface area contributed by atoms with Crippen LogP contribution in [0.25, 0.3) is 0 Å². The molecule has 108 valence electrons. The van der Waals surface area contributed by atoms with E-state index in [0.29, 0.717) is 5.41 Å². The van der Waals surface area contributed by atoms with E-state index in [9.17, 15) is 0 Å². The van der Waals surface area contributed by atoms with Crippen molar-refractivity contribution in [2.24, 2.45) is 5.41 Å². The van der Waals surface area contributed by atoms with Crippen LogP contribution in [0.15, 0.2) is 0 Å². The first kappa shape index (κ1) is 16.8. The van der Waals surface area contributed by atoms with E-state index >= 15 is 0 Å². The minimum atomic E-state index is -2.66. The topological polar surface area (TPSA) is 18.5 Å². The van der Waals surface area contributed by atoms with Crippen LogP contribution in [0.1, 0.15) is 66.2 Å². The summed E-state index contributed by atoms with van der Waals surface area (Å²) in [5.74, 6) is 0. The molecule has 0 aliphatic carbocycles. The van der Waals surface area contributed by atoms with E-state index in [-0.39, 0.29) is 0 Å². The summed E-state index contributed by atoms with van der Waals surface area (Å²) in [5, 5.41) is 0. The minimum absolute atomic E-state index is 0.318. The van der Waals surface area contributed by atoms with Gasteiger partial charge in [0.15, 0.2) is 0 Å². The molecule has 0 atom stereocenters. The fourth-order valence-corrected chi connectivity index (χ4v) is 13.6. The molecule has 0 amide bonds. The molecule has 2 nitrogen and oxygen atoms in total. The molecule has 0 aromatic carbocycles. The van der Waals surface area contributed by atoms with Crippen molar-refractivity contribution < 1.29 is 6.15 Å². The summed E-state index contributed by atoms with van der Waals surface area (Å²) < 4.78 is 15.5. The molecule has 0 aromatic rings. The van der Waals surface area contributed by atoms with E-state index in [1.165, 1.54) is 47.4 Å². The van der Waals surface area contributed by atoms with Crippen molar-refractivity contribution in [1.29, 1.82) is 0 Å². The quantitative estimate of drug-likeness (QED) is 0.572. The molecule has 1 heterocycles. The van der Waals surface area contributed by atoms with Crippen LogP contribution in [-0.4, -0.2) is 32.4 Å². The van der Waals surface area contributed by atoms with Crippen molar-refractivity contribution in [1.82, 2.24) is 0 Å². The van der Waals surface area contributed by atoms with E-state index in [1.54, 1.807) is 0 Å². The molecule has 0 unspecified atom stereocenters. The zero-order valence-corrected chi connectivity index (χ0v) is 15.7. The predicted octanol–water partition coefficient (Wildman–Crippen LogP) is 4.88. The monoisotopic (exact) mass is 364 g/mol. The second-order valence-corrected chi connectivity index (χ2v) is 15.6. The zero-order valence-electron chi connectivity index (χ0n) is 12.9. The Hall–Kier alpha value is 0.719. The summed E-state index contributed by atoms with van der Waals surface area (Å²) in [6.07, 6.45) is 7.50. The molecule has 1 aliphatic heterocycles. The Labute approximate surface area is 119 Å².